The number of ether oxygens (including phenoxy) is 1. The first-order valence-corrected chi connectivity index (χ1v) is 10.8. The van der Waals surface area contributed by atoms with Crippen molar-refractivity contribution < 1.29 is 9.53 Å². The lowest BCUT2D eigenvalue weighted by atomic mass is 10.1. The van der Waals surface area contributed by atoms with Crippen molar-refractivity contribution >= 4 is 11.6 Å². The van der Waals surface area contributed by atoms with Gasteiger partial charge in [-0.2, -0.15) is 0 Å². The van der Waals surface area contributed by atoms with Crippen LogP contribution in [-0.2, 0) is 6.54 Å². The average Bonchev–Trinajstić information content (AvgIpc) is 3.39. The molecule has 160 valence electrons. The van der Waals surface area contributed by atoms with Crippen molar-refractivity contribution in [2.24, 2.45) is 0 Å². The molecule has 1 aliphatic carbocycles. The van der Waals surface area contributed by atoms with E-state index in [0.29, 0.717) is 29.6 Å². The fourth-order valence-electron chi connectivity index (χ4n) is 4.11. The summed E-state index contributed by atoms with van der Waals surface area (Å²) in [6.45, 7) is 2.69. The summed E-state index contributed by atoms with van der Waals surface area (Å²) in [5.74, 6) is 1.73. The average molecular weight is 426 g/mol. The normalized spacial score (nSPS) is 17.1. The molecule has 1 aromatic carbocycles. The molecule has 0 saturated heterocycles. The van der Waals surface area contributed by atoms with Gasteiger partial charge in [-0.05, 0) is 44.0 Å². The predicted octanol–water partition coefficient (Wildman–Crippen LogP) is 4.04. The predicted molar refractivity (Wildman–Crippen MR) is 119 cm³/mol. The van der Waals surface area contributed by atoms with Crippen molar-refractivity contribution in [2.45, 2.75) is 38.3 Å². The molecule has 4 aromatic rings. The number of carbonyl (C=O) groups is 1. The highest BCUT2D eigenvalue weighted by molar-refractivity contribution is 6.04. The van der Waals surface area contributed by atoms with Crippen LogP contribution in [0.2, 0.25) is 0 Å². The van der Waals surface area contributed by atoms with Crippen LogP contribution in [-0.4, -0.2) is 36.1 Å². The Morgan fingerprint density at radius 3 is 2.94 bits per heavy atom. The molecule has 3 aromatic heterocycles. The van der Waals surface area contributed by atoms with E-state index in [1.165, 1.54) is 12.8 Å². The smallest absolute Gasteiger partial charge is 0.274 e. The zero-order valence-electron chi connectivity index (χ0n) is 17.6. The Hall–Kier alpha value is -3.94. The summed E-state index contributed by atoms with van der Waals surface area (Å²) >= 11 is 0. The van der Waals surface area contributed by atoms with Crippen LogP contribution >= 0.6 is 0 Å². The number of para-hydroxylation sites is 1. The molecule has 0 unspecified atom stereocenters. The second kappa shape index (κ2) is 7.33. The molecule has 4 heterocycles. The Balaban J connectivity index is 1.30. The van der Waals surface area contributed by atoms with Gasteiger partial charge >= 0.3 is 0 Å². The fourth-order valence-corrected chi connectivity index (χ4v) is 4.11. The highest BCUT2D eigenvalue weighted by Crippen LogP contribution is 2.40. The number of hydrogen-bond donors (Lipinski definition) is 1. The number of amides is 1. The van der Waals surface area contributed by atoms with Gasteiger partial charge in [0, 0.05) is 30.7 Å². The molecule has 1 atom stereocenters. The zero-order chi connectivity index (χ0) is 21.7. The van der Waals surface area contributed by atoms with E-state index in [0.717, 1.165) is 22.8 Å². The summed E-state index contributed by atoms with van der Waals surface area (Å²) in [7, 11) is 0. The maximum atomic E-state index is 13.1. The summed E-state index contributed by atoms with van der Waals surface area (Å²) in [6.07, 6.45) is 11.5. The quantitative estimate of drug-likeness (QED) is 0.532. The Kier molecular flexibility index (Phi) is 4.31. The number of nitrogens with one attached hydrogen (secondary N) is 1. The van der Waals surface area contributed by atoms with Crippen molar-refractivity contribution in [1.29, 1.82) is 0 Å². The summed E-state index contributed by atoms with van der Waals surface area (Å²) in [6, 6.07) is 9.32. The van der Waals surface area contributed by atoms with E-state index in [2.05, 4.69) is 24.8 Å². The zero-order valence-corrected chi connectivity index (χ0v) is 17.6. The van der Waals surface area contributed by atoms with Gasteiger partial charge in [0.1, 0.15) is 17.6 Å². The first-order valence-electron chi connectivity index (χ1n) is 10.8. The number of carbonyl (C=O) groups excluding carboxylic acids is 1. The van der Waals surface area contributed by atoms with E-state index in [1.54, 1.807) is 24.8 Å². The lowest BCUT2D eigenvalue weighted by Crippen LogP contribution is -2.19. The Morgan fingerprint density at radius 1 is 1.16 bits per heavy atom. The van der Waals surface area contributed by atoms with Gasteiger partial charge in [-0.3, -0.25) is 9.78 Å². The van der Waals surface area contributed by atoms with Crippen molar-refractivity contribution in [3.8, 4) is 22.8 Å². The number of nitrogens with zero attached hydrogens (tertiary/aromatic N) is 5. The minimum Gasteiger partial charge on any atom is -0.486 e. The Morgan fingerprint density at radius 2 is 2.06 bits per heavy atom. The van der Waals surface area contributed by atoms with Crippen LogP contribution < -0.4 is 10.1 Å². The molecule has 1 N–H and O–H groups in total. The monoisotopic (exact) mass is 426 g/mol. The molecular formula is C24H22N6O2. The van der Waals surface area contributed by atoms with Crippen LogP contribution in [0.25, 0.3) is 17.1 Å². The molecule has 8 heteroatoms. The van der Waals surface area contributed by atoms with Gasteiger partial charge in [0.25, 0.3) is 5.91 Å². The van der Waals surface area contributed by atoms with Crippen molar-refractivity contribution in [1.82, 2.24) is 24.1 Å². The van der Waals surface area contributed by atoms with E-state index in [4.69, 9.17) is 4.74 Å². The molecule has 1 aliphatic heterocycles. The third-order valence-corrected chi connectivity index (χ3v) is 5.86. The summed E-state index contributed by atoms with van der Waals surface area (Å²) in [5, 5.41) is 2.98. The molecule has 0 radical (unpaired) electrons. The van der Waals surface area contributed by atoms with Crippen molar-refractivity contribution in [2.75, 3.05) is 5.32 Å². The van der Waals surface area contributed by atoms with Crippen molar-refractivity contribution in [3.05, 3.63) is 72.8 Å². The Labute approximate surface area is 184 Å². The largest absolute Gasteiger partial charge is 0.486 e. The molecule has 0 bridgehead atoms. The van der Waals surface area contributed by atoms with Crippen LogP contribution in [0.3, 0.4) is 0 Å². The summed E-state index contributed by atoms with van der Waals surface area (Å²) in [4.78, 5) is 26.4. The van der Waals surface area contributed by atoms with Gasteiger partial charge in [0.15, 0.2) is 5.75 Å². The summed E-state index contributed by atoms with van der Waals surface area (Å²) in [5.41, 5.74) is 3.73. The van der Waals surface area contributed by atoms with Gasteiger partial charge in [-0.1, -0.05) is 6.07 Å². The minimum absolute atomic E-state index is 0.0643. The lowest BCUT2D eigenvalue weighted by molar-refractivity contribution is 0.102. The lowest BCUT2D eigenvalue weighted by Gasteiger charge is -2.16. The van der Waals surface area contributed by atoms with E-state index in [1.807, 2.05) is 48.1 Å². The standard InChI is InChI=1S/C24H22N6O2/c1-15-12-29-10-9-26-23(29)18-3-2-4-19(22(18)32-15)28-24(31)20-11-17(7-8-25-20)30-13-21(27-14-30)16-5-6-16/h2-4,7-11,13-16H,5-6,12H2,1H3,(H,28,31)/t15-/m1/s1. The molecule has 1 saturated carbocycles. The van der Waals surface area contributed by atoms with Gasteiger partial charge in [-0.25, -0.2) is 9.97 Å². The van der Waals surface area contributed by atoms with Crippen LogP contribution in [0.4, 0.5) is 5.69 Å². The molecule has 6 rings (SSSR count). The molecule has 2 aliphatic rings. The maximum absolute atomic E-state index is 13.1. The molecule has 1 amide bonds. The van der Waals surface area contributed by atoms with E-state index in [9.17, 15) is 4.79 Å². The number of pyridine rings is 1. The second-order valence-electron chi connectivity index (χ2n) is 8.35. The highest BCUT2D eigenvalue weighted by Gasteiger charge is 2.26. The van der Waals surface area contributed by atoms with Crippen LogP contribution in [0.1, 0.15) is 41.9 Å². The molecule has 8 nitrogen and oxygen atoms in total. The van der Waals surface area contributed by atoms with Gasteiger partial charge in [0.05, 0.1) is 35.5 Å². The number of benzene rings is 1. The molecule has 1 fully saturated rings. The van der Waals surface area contributed by atoms with Crippen LogP contribution in [0, 0.1) is 0 Å². The number of imidazole rings is 2. The van der Waals surface area contributed by atoms with E-state index < -0.39 is 0 Å². The maximum Gasteiger partial charge on any atom is 0.274 e. The number of hydrogen-bond acceptors (Lipinski definition) is 5. The van der Waals surface area contributed by atoms with Crippen LogP contribution in [0.15, 0.2) is 61.4 Å². The number of anilines is 1. The van der Waals surface area contributed by atoms with Gasteiger partial charge < -0.3 is 19.2 Å². The number of aromatic nitrogens is 5. The third-order valence-electron chi connectivity index (χ3n) is 5.86. The molecule has 32 heavy (non-hydrogen) atoms. The third kappa shape index (κ3) is 3.33. The van der Waals surface area contributed by atoms with Gasteiger partial charge in [0.2, 0.25) is 0 Å². The number of rotatable bonds is 4. The van der Waals surface area contributed by atoms with E-state index >= 15 is 0 Å². The topological polar surface area (TPSA) is 86.9 Å². The first kappa shape index (κ1) is 18.8. The van der Waals surface area contributed by atoms with Crippen LogP contribution in [0.5, 0.6) is 5.75 Å². The summed E-state index contributed by atoms with van der Waals surface area (Å²) < 4.78 is 10.2. The molecular weight excluding hydrogens is 404 g/mol. The first-order chi connectivity index (χ1) is 15.7. The van der Waals surface area contributed by atoms with E-state index in [-0.39, 0.29) is 12.0 Å². The molecule has 0 spiro atoms. The van der Waals surface area contributed by atoms with Gasteiger partial charge in [-0.15, -0.1) is 0 Å². The Bertz CT molecular complexity index is 1320. The fraction of sp³-hybridized carbons (Fsp3) is 0.250. The minimum atomic E-state index is -0.299. The second-order valence-corrected chi connectivity index (χ2v) is 8.35. The SMILES string of the molecule is C[C@@H]1Cn2ccnc2-c2cccc(NC(=O)c3cc(-n4cnc(C5CC5)c4)ccn3)c2O1. The number of fused-ring (bicyclic) bond motifs is 3. The van der Waals surface area contributed by atoms with Crippen molar-refractivity contribution in [3.63, 3.8) is 0 Å². The highest BCUT2D eigenvalue weighted by atomic mass is 16.5.